The zero-order valence-corrected chi connectivity index (χ0v) is 11.5. The van der Waals surface area contributed by atoms with Gasteiger partial charge in [-0.2, -0.15) is 0 Å². The van der Waals surface area contributed by atoms with Gasteiger partial charge in [0.05, 0.1) is 24.1 Å². The first kappa shape index (κ1) is 12.2. The van der Waals surface area contributed by atoms with Crippen molar-refractivity contribution in [1.29, 1.82) is 0 Å². The lowest BCUT2D eigenvalue weighted by molar-refractivity contribution is 0.168. The first-order valence-electron chi connectivity index (χ1n) is 7.40. The van der Waals surface area contributed by atoms with Crippen molar-refractivity contribution in [3.05, 3.63) is 24.5 Å². The Morgan fingerprint density at radius 1 is 1.25 bits per heavy atom. The Labute approximate surface area is 118 Å². The van der Waals surface area contributed by atoms with E-state index in [1.54, 1.807) is 6.33 Å². The van der Waals surface area contributed by atoms with Gasteiger partial charge < -0.3 is 15.0 Å². The minimum absolute atomic E-state index is 0.258. The van der Waals surface area contributed by atoms with Crippen molar-refractivity contribution in [2.45, 2.75) is 24.9 Å². The predicted molar refractivity (Wildman–Crippen MR) is 78.9 cm³/mol. The van der Waals surface area contributed by atoms with Crippen LogP contribution >= 0.6 is 0 Å². The van der Waals surface area contributed by atoms with Gasteiger partial charge in [0.25, 0.3) is 0 Å². The van der Waals surface area contributed by atoms with Crippen LogP contribution in [0.15, 0.2) is 24.5 Å². The molecule has 3 heterocycles. The average Bonchev–Trinajstić information content (AvgIpc) is 3.02. The Morgan fingerprint density at radius 3 is 2.80 bits per heavy atom. The second-order valence-corrected chi connectivity index (χ2v) is 5.85. The number of H-pyrrole nitrogens is 1. The van der Waals surface area contributed by atoms with Gasteiger partial charge in [0.15, 0.2) is 0 Å². The Morgan fingerprint density at radius 2 is 2.05 bits per heavy atom. The van der Waals surface area contributed by atoms with E-state index in [0.29, 0.717) is 12.1 Å². The van der Waals surface area contributed by atoms with Crippen LogP contribution in [0.1, 0.15) is 12.8 Å². The van der Waals surface area contributed by atoms with Crippen molar-refractivity contribution in [2.75, 3.05) is 31.1 Å². The van der Waals surface area contributed by atoms with Gasteiger partial charge in [0, 0.05) is 31.7 Å². The predicted octanol–water partition coefficient (Wildman–Crippen LogP) is 1.21. The van der Waals surface area contributed by atoms with Crippen LogP contribution in [0.25, 0.3) is 11.0 Å². The number of aliphatic hydroxyl groups excluding tert-OH is 1. The lowest BCUT2D eigenvalue weighted by Gasteiger charge is -2.42. The maximum atomic E-state index is 9.14. The van der Waals surface area contributed by atoms with E-state index in [4.69, 9.17) is 5.11 Å². The number of aromatic amines is 1. The van der Waals surface area contributed by atoms with Crippen LogP contribution in [-0.2, 0) is 0 Å². The van der Waals surface area contributed by atoms with Gasteiger partial charge in [-0.05, 0) is 25.0 Å². The molecule has 2 fully saturated rings. The number of likely N-dealkylation sites (tertiary alicyclic amines) is 1. The summed E-state index contributed by atoms with van der Waals surface area (Å²) in [5.41, 5.74) is 3.46. The number of nitrogens with one attached hydrogen (secondary N) is 1. The summed E-state index contributed by atoms with van der Waals surface area (Å²) in [7, 11) is 0. The van der Waals surface area contributed by atoms with Crippen molar-refractivity contribution in [3.8, 4) is 0 Å². The molecule has 2 unspecified atom stereocenters. The van der Waals surface area contributed by atoms with E-state index in [9.17, 15) is 0 Å². The van der Waals surface area contributed by atoms with Crippen LogP contribution in [0.2, 0.25) is 0 Å². The second kappa shape index (κ2) is 4.75. The van der Waals surface area contributed by atoms with Crippen molar-refractivity contribution < 1.29 is 5.11 Å². The van der Waals surface area contributed by atoms with Crippen LogP contribution in [0.4, 0.5) is 5.69 Å². The van der Waals surface area contributed by atoms with Crippen LogP contribution < -0.4 is 4.90 Å². The number of hydrogen-bond acceptors (Lipinski definition) is 4. The molecule has 2 bridgehead atoms. The van der Waals surface area contributed by atoms with E-state index in [0.717, 1.165) is 30.7 Å². The van der Waals surface area contributed by atoms with Crippen LogP contribution in [-0.4, -0.2) is 58.3 Å². The number of imidazole rings is 1. The Bertz CT molecular complexity index is 597. The molecule has 2 aliphatic rings. The average molecular weight is 272 g/mol. The number of para-hydroxylation sites is 1. The normalized spacial score (nSPS) is 26.6. The highest BCUT2D eigenvalue weighted by molar-refractivity contribution is 5.89. The van der Waals surface area contributed by atoms with E-state index in [1.807, 2.05) is 0 Å². The van der Waals surface area contributed by atoms with Crippen molar-refractivity contribution in [1.82, 2.24) is 14.9 Å². The number of nitrogens with zero attached hydrogens (tertiary/aromatic N) is 3. The third kappa shape index (κ3) is 1.81. The smallest absolute Gasteiger partial charge is 0.112 e. The molecule has 0 spiro atoms. The van der Waals surface area contributed by atoms with Crippen LogP contribution in [0, 0.1) is 0 Å². The van der Waals surface area contributed by atoms with E-state index in [1.165, 1.54) is 18.5 Å². The van der Waals surface area contributed by atoms with Crippen molar-refractivity contribution in [3.63, 3.8) is 0 Å². The van der Waals surface area contributed by atoms with Crippen molar-refractivity contribution in [2.24, 2.45) is 0 Å². The molecule has 2 atom stereocenters. The minimum atomic E-state index is 0.258. The van der Waals surface area contributed by atoms with Gasteiger partial charge in [-0.3, -0.25) is 4.90 Å². The number of piperazine rings is 1. The number of β-amino-alcohol motifs (C(OH)–C–C–N with tert-alkyl or cyclic N) is 1. The molecule has 2 saturated heterocycles. The van der Waals surface area contributed by atoms with Crippen molar-refractivity contribution >= 4 is 16.7 Å². The van der Waals surface area contributed by atoms with Gasteiger partial charge in [-0.25, -0.2) is 4.98 Å². The third-order valence-corrected chi connectivity index (χ3v) is 4.68. The van der Waals surface area contributed by atoms with Gasteiger partial charge in [0.2, 0.25) is 0 Å². The third-order valence-electron chi connectivity index (χ3n) is 4.68. The molecule has 2 aliphatic heterocycles. The summed E-state index contributed by atoms with van der Waals surface area (Å²) >= 11 is 0. The summed E-state index contributed by atoms with van der Waals surface area (Å²) in [5, 5.41) is 9.14. The Balaban J connectivity index is 1.68. The number of benzene rings is 1. The number of aliphatic hydroxyl groups is 1. The molecule has 1 aromatic carbocycles. The molecule has 4 rings (SSSR count). The highest BCUT2D eigenvalue weighted by Gasteiger charge is 2.40. The fraction of sp³-hybridized carbons (Fsp3) is 0.533. The molecule has 5 nitrogen and oxygen atoms in total. The SMILES string of the molecule is OCCN1CC2CCC(C1)N2c1cccc2[nH]cnc12. The summed E-state index contributed by atoms with van der Waals surface area (Å²) in [6, 6.07) is 7.49. The fourth-order valence-corrected chi connectivity index (χ4v) is 3.87. The summed E-state index contributed by atoms with van der Waals surface area (Å²) < 4.78 is 0. The number of rotatable bonds is 3. The standard InChI is InChI=1S/C15H20N4O/c20-7-6-18-8-11-4-5-12(9-18)19(11)14-3-1-2-13-15(14)17-10-16-13/h1-3,10-12,20H,4-9H2,(H,16,17). The maximum Gasteiger partial charge on any atom is 0.112 e. The number of anilines is 1. The zero-order valence-electron chi connectivity index (χ0n) is 11.5. The highest BCUT2D eigenvalue weighted by Crippen LogP contribution is 2.37. The van der Waals surface area contributed by atoms with Gasteiger partial charge in [-0.15, -0.1) is 0 Å². The second-order valence-electron chi connectivity index (χ2n) is 5.85. The Hall–Kier alpha value is -1.59. The van der Waals surface area contributed by atoms with Gasteiger partial charge >= 0.3 is 0 Å². The van der Waals surface area contributed by atoms with E-state index in [2.05, 4.69) is 38.0 Å². The summed E-state index contributed by atoms with van der Waals surface area (Å²) in [5.74, 6) is 0. The molecule has 2 aromatic rings. The molecule has 5 heteroatoms. The molecule has 0 radical (unpaired) electrons. The van der Waals surface area contributed by atoms with E-state index >= 15 is 0 Å². The lowest BCUT2D eigenvalue weighted by Crippen LogP contribution is -2.54. The molecular weight excluding hydrogens is 252 g/mol. The maximum absolute atomic E-state index is 9.14. The highest BCUT2D eigenvalue weighted by atomic mass is 16.3. The summed E-state index contributed by atoms with van der Waals surface area (Å²) in [4.78, 5) is 12.7. The monoisotopic (exact) mass is 272 g/mol. The molecule has 0 saturated carbocycles. The largest absolute Gasteiger partial charge is 0.395 e. The zero-order chi connectivity index (χ0) is 13.5. The minimum Gasteiger partial charge on any atom is -0.395 e. The molecule has 20 heavy (non-hydrogen) atoms. The topological polar surface area (TPSA) is 55.4 Å². The van der Waals surface area contributed by atoms with E-state index in [-0.39, 0.29) is 6.61 Å². The molecule has 0 aliphatic carbocycles. The van der Waals surface area contributed by atoms with E-state index < -0.39 is 0 Å². The number of aromatic nitrogens is 2. The molecule has 2 N–H and O–H groups in total. The quantitative estimate of drug-likeness (QED) is 0.882. The van der Waals surface area contributed by atoms with Crippen LogP contribution in [0.5, 0.6) is 0 Å². The molecule has 106 valence electrons. The molecule has 1 aromatic heterocycles. The molecule has 0 amide bonds. The Kier molecular flexibility index (Phi) is 2.89. The molecular formula is C15H20N4O. The van der Waals surface area contributed by atoms with Gasteiger partial charge in [0.1, 0.15) is 5.52 Å². The fourth-order valence-electron chi connectivity index (χ4n) is 3.87. The first-order valence-corrected chi connectivity index (χ1v) is 7.40. The van der Waals surface area contributed by atoms with Gasteiger partial charge in [-0.1, -0.05) is 6.07 Å². The number of hydrogen-bond donors (Lipinski definition) is 2. The number of fused-ring (bicyclic) bond motifs is 3. The summed E-state index contributed by atoms with van der Waals surface area (Å²) in [6.07, 6.45) is 4.26. The first-order chi connectivity index (χ1) is 9.86. The summed E-state index contributed by atoms with van der Waals surface area (Å²) in [6.45, 7) is 3.16. The van der Waals surface area contributed by atoms with Crippen LogP contribution in [0.3, 0.4) is 0 Å². The lowest BCUT2D eigenvalue weighted by atomic mass is 10.1.